The van der Waals surface area contributed by atoms with Crippen molar-refractivity contribution in [1.29, 1.82) is 0 Å². The average molecular weight is 341 g/mol. The number of aromatic hydroxyl groups is 1. The molecule has 0 radical (unpaired) electrons. The number of phenols is 1. The predicted molar refractivity (Wildman–Crippen MR) is 104 cm³/mol. The van der Waals surface area contributed by atoms with Crippen LogP contribution in [-0.2, 0) is 6.42 Å². The van der Waals surface area contributed by atoms with Crippen molar-refractivity contribution in [2.75, 3.05) is 36.4 Å². The van der Waals surface area contributed by atoms with Gasteiger partial charge in [0.25, 0.3) is 0 Å². The van der Waals surface area contributed by atoms with Crippen LogP contribution in [0, 0.1) is 0 Å². The van der Waals surface area contributed by atoms with Crippen LogP contribution in [0.3, 0.4) is 0 Å². The van der Waals surface area contributed by atoms with Crippen LogP contribution >= 0.6 is 12.2 Å². The van der Waals surface area contributed by atoms with Crippen LogP contribution in [0.2, 0.25) is 0 Å². The number of piperazine rings is 1. The highest BCUT2D eigenvalue weighted by molar-refractivity contribution is 7.80. The van der Waals surface area contributed by atoms with Crippen molar-refractivity contribution >= 4 is 28.7 Å². The maximum atomic E-state index is 9.63. The number of hydrogen-bond donors (Lipinski definition) is 2. The number of nitrogens with zero attached hydrogens (tertiary/aromatic N) is 2. The number of aryl methyl sites for hydroxylation is 1. The Morgan fingerprint density at radius 3 is 2.54 bits per heavy atom. The summed E-state index contributed by atoms with van der Waals surface area (Å²) >= 11 is 5.60. The normalized spacial score (nSPS) is 14.5. The molecule has 24 heavy (non-hydrogen) atoms. The molecule has 1 fully saturated rings. The van der Waals surface area contributed by atoms with Crippen LogP contribution in [0.15, 0.2) is 48.5 Å². The number of rotatable bonds is 3. The van der Waals surface area contributed by atoms with Gasteiger partial charge >= 0.3 is 0 Å². The molecule has 2 aromatic carbocycles. The van der Waals surface area contributed by atoms with Gasteiger partial charge in [0.1, 0.15) is 5.75 Å². The molecule has 2 N–H and O–H groups in total. The molecule has 3 rings (SSSR count). The van der Waals surface area contributed by atoms with Gasteiger partial charge in [-0.3, -0.25) is 0 Å². The van der Waals surface area contributed by atoms with Gasteiger partial charge < -0.3 is 20.2 Å². The van der Waals surface area contributed by atoms with E-state index in [-0.39, 0.29) is 0 Å². The SMILES string of the molecule is CCc1ccccc1NC(=S)N1CCN(c2cccc(O)c2)CC1. The number of thiocarbonyl (C=S) groups is 1. The van der Waals surface area contributed by atoms with Gasteiger partial charge in [-0.15, -0.1) is 0 Å². The molecule has 0 atom stereocenters. The van der Waals surface area contributed by atoms with Gasteiger partial charge in [-0.1, -0.05) is 31.2 Å². The second kappa shape index (κ2) is 7.53. The van der Waals surface area contributed by atoms with E-state index < -0.39 is 0 Å². The third-order valence-electron chi connectivity index (χ3n) is 4.40. The first-order valence-electron chi connectivity index (χ1n) is 8.35. The summed E-state index contributed by atoms with van der Waals surface area (Å²) in [4.78, 5) is 4.49. The molecule has 0 amide bonds. The minimum absolute atomic E-state index is 0.309. The average Bonchev–Trinajstić information content (AvgIpc) is 2.62. The first kappa shape index (κ1) is 16.6. The standard InChI is InChI=1S/C19H23N3OS/c1-2-15-6-3-4-9-18(15)20-19(24)22-12-10-21(11-13-22)16-7-5-8-17(23)14-16/h3-9,14,23H,2,10-13H2,1H3,(H,20,24). The number of hydrogen-bond acceptors (Lipinski definition) is 3. The fraction of sp³-hybridized carbons (Fsp3) is 0.316. The second-order valence-electron chi connectivity index (χ2n) is 5.93. The summed E-state index contributed by atoms with van der Waals surface area (Å²) in [6, 6.07) is 15.7. The Morgan fingerprint density at radius 1 is 1.08 bits per heavy atom. The molecule has 1 heterocycles. The van der Waals surface area contributed by atoms with Gasteiger partial charge in [0, 0.05) is 43.6 Å². The van der Waals surface area contributed by atoms with E-state index in [0.717, 1.165) is 49.1 Å². The lowest BCUT2D eigenvalue weighted by Gasteiger charge is -2.37. The molecule has 0 bridgehead atoms. The third-order valence-corrected chi connectivity index (χ3v) is 4.76. The predicted octanol–water partition coefficient (Wildman–Crippen LogP) is 3.47. The lowest BCUT2D eigenvalue weighted by molar-refractivity contribution is 0.390. The Balaban J connectivity index is 1.59. The zero-order chi connectivity index (χ0) is 16.9. The highest BCUT2D eigenvalue weighted by Gasteiger charge is 2.19. The number of phenolic OH excluding ortho intramolecular Hbond substituents is 1. The van der Waals surface area contributed by atoms with Crippen molar-refractivity contribution in [3.05, 3.63) is 54.1 Å². The molecule has 1 aliphatic rings. The number of benzene rings is 2. The summed E-state index contributed by atoms with van der Waals surface area (Å²) in [7, 11) is 0. The van der Waals surface area contributed by atoms with Crippen molar-refractivity contribution in [3.8, 4) is 5.75 Å². The van der Waals surface area contributed by atoms with Gasteiger partial charge in [0.05, 0.1) is 0 Å². The Kier molecular flexibility index (Phi) is 5.20. The Bertz CT molecular complexity index is 711. The summed E-state index contributed by atoms with van der Waals surface area (Å²) in [5.74, 6) is 0.309. The highest BCUT2D eigenvalue weighted by Crippen LogP contribution is 2.22. The minimum Gasteiger partial charge on any atom is -0.508 e. The molecule has 1 aliphatic heterocycles. The van der Waals surface area contributed by atoms with E-state index in [1.54, 1.807) is 6.07 Å². The van der Waals surface area contributed by atoms with Crippen LogP contribution in [-0.4, -0.2) is 41.3 Å². The minimum atomic E-state index is 0.309. The van der Waals surface area contributed by atoms with Gasteiger partial charge in [0.2, 0.25) is 0 Å². The molecule has 0 saturated carbocycles. The van der Waals surface area contributed by atoms with E-state index >= 15 is 0 Å². The molecular formula is C19H23N3OS. The summed E-state index contributed by atoms with van der Waals surface area (Å²) in [5, 5.41) is 13.8. The largest absolute Gasteiger partial charge is 0.508 e. The molecule has 2 aromatic rings. The smallest absolute Gasteiger partial charge is 0.173 e. The summed E-state index contributed by atoms with van der Waals surface area (Å²) in [6.45, 7) is 5.67. The zero-order valence-corrected chi connectivity index (χ0v) is 14.7. The first-order chi connectivity index (χ1) is 11.7. The summed E-state index contributed by atoms with van der Waals surface area (Å²) < 4.78 is 0. The van der Waals surface area contributed by atoms with Crippen molar-refractivity contribution in [3.63, 3.8) is 0 Å². The maximum Gasteiger partial charge on any atom is 0.173 e. The number of nitrogens with one attached hydrogen (secondary N) is 1. The summed E-state index contributed by atoms with van der Waals surface area (Å²) in [6.07, 6.45) is 0.983. The highest BCUT2D eigenvalue weighted by atomic mass is 32.1. The maximum absolute atomic E-state index is 9.63. The van der Waals surface area contributed by atoms with Crippen LogP contribution in [0.1, 0.15) is 12.5 Å². The van der Waals surface area contributed by atoms with Crippen LogP contribution in [0.4, 0.5) is 11.4 Å². The molecule has 0 aliphatic carbocycles. The molecule has 1 saturated heterocycles. The van der Waals surface area contributed by atoms with Gasteiger partial charge in [0.15, 0.2) is 5.11 Å². The monoisotopic (exact) mass is 341 g/mol. The quantitative estimate of drug-likeness (QED) is 0.837. The molecule has 0 unspecified atom stereocenters. The van der Waals surface area contributed by atoms with Gasteiger partial charge in [-0.05, 0) is 42.4 Å². The third kappa shape index (κ3) is 3.79. The summed E-state index contributed by atoms with van der Waals surface area (Å²) in [5.41, 5.74) is 3.43. The van der Waals surface area contributed by atoms with E-state index in [4.69, 9.17) is 12.2 Å². The topological polar surface area (TPSA) is 38.7 Å². The van der Waals surface area contributed by atoms with Crippen LogP contribution in [0.5, 0.6) is 5.75 Å². The second-order valence-corrected chi connectivity index (χ2v) is 6.32. The van der Waals surface area contributed by atoms with Crippen molar-refractivity contribution in [2.24, 2.45) is 0 Å². The fourth-order valence-corrected chi connectivity index (χ4v) is 3.29. The van der Waals surface area contributed by atoms with Crippen molar-refractivity contribution in [2.45, 2.75) is 13.3 Å². The molecule has 126 valence electrons. The van der Waals surface area contributed by atoms with Gasteiger partial charge in [-0.25, -0.2) is 0 Å². The molecule has 5 heteroatoms. The molecule has 0 aromatic heterocycles. The van der Waals surface area contributed by atoms with E-state index in [0.29, 0.717) is 5.75 Å². The van der Waals surface area contributed by atoms with Gasteiger partial charge in [-0.2, -0.15) is 0 Å². The first-order valence-corrected chi connectivity index (χ1v) is 8.76. The fourth-order valence-electron chi connectivity index (χ4n) is 3.00. The van der Waals surface area contributed by atoms with Crippen LogP contribution < -0.4 is 10.2 Å². The number of para-hydroxylation sites is 1. The Morgan fingerprint density at radius 2 is 1.83 bits per heavy atom. The lowest BCUT2D eigenvalue weighted by atomic mass is 10.1. The zero-order valence-electron chi connectivity index (χ0n) is 13.9. The van der Waals surface area contributed by atoms with E-state index in [1.807, 2.05) is 24.3 Å². The van der Waals surface area contributed by atoms with E-state index in [1.165, 1.54) is 5.56 Å². The Labute approximate surface area is 148 Å². The number of anilines is 2. The van der Waals surface area contributed by atoms with Crippen molar-refractivity contribution in [1.82, 2.24) is 4.90 Å². The van der Waals surface area contributed by atoms with Crippen LogP contribution in [0.25, 0.3) is 0 Å². The van der Waals surface area contributed by atoms with E-state index in [2.05, 4.69) is 40.2 Å². The Hall–Kier alpha value is -2.27. The van der Waals surface area contributed by atoms with Crippen molar-refractivity contribution < 1.29 is 5.11 Å². The molecular weight excluding hydrogens is 318 g/mol. The molecule has 4 nitrogen and oxygen atoms in total. The lowest BCUT2D eigenvalue weighted by Crippen LogP contribution is -2.50. The molecule has 0 spiro atoms. The van der Waals surface area contributed by atoms with E-state index in [9.17, 15) is 5.11 Å².